The van der Waals surface area contributed by atoms with Crippen LogP contribution in [-0.2, 0) is 0 Å². The molecule has 5 nitrogen and oxygen atoms in total. The van der Waals surface area contributed by atoms with Gasteiger partial charge in [0, 0.05) is 16.6 Å². The van der Waals surface area contributed by atoms with Crippen molar-refractivity contribution in [2.24, 2.45) is 5.73 Å². The number of nitrogens with two attached hydrogens (primary N) is 1. The normalized spacial score (nSPS) is 10.3. The molecule has 0 atom stereocenters. The highest BCUT2D eigenvalue weighted by Crippen LogP contribution is 2.31. The number of rotatable bonds is 6. The van der Waals surface area contributed by atoms with Crippen LogP contribution in [0.5, 0.6) is 5.75 Å². The molecule has 0 aliphatic carbocycles. The van der Waals surface area contributed by atoms with Crippen molar-refractivity contribution < 1.29 is 4.74 Å². The van der Waals surface area contributed by atoms with Crippen LogP contribution >= 0.6 is 15.9 Å². The fourth-order valence-corrected chi connectivity index (χ4v) is 2.13. The van der Waals surface area contributed by atoms with Gasteiger partial charge in [0.2, 0.25) is 0 Å². The number of hydrogen-bond acceptors (Lipinski definition) is 5. The fraction of sp³-hybridized carbons (Fsp3) is 0.286. The van der Waals surface area contributed by atoms with Crippen LogP contribution in [0.4, 0.5) is 5.82 Å². The second kappa shape index (κ2) is 7.21. The molecule has 20 heavy (non-hydrogen) atoms. The highest BCUT2D eigenvalue weighted by atomic mass is 79.9. The molecule has 0 unspecified atom stereocenters. The Morgan fingerprint density at radius 2 is 2.10 bits per heavy atom. The number of aromatic nitrogens is 2. The highest BCUT2D eigenvalue weighted by Gasteiger charge is 2.08. The van der Waals surface area contributed by atoms with Crippen molar-refractivity contribution in [2.75, 3.05) is 25.5 Å². The van der Waals surface area contributed by atoms with E-state index in [2.05, 4.69) is 31.4 Å². The van der Waals surface area contributed by atoms with Crippen LogP contribution in [0.2, 0.25) is 0 Å². The van der Waals surface area contributed by atoms with Crippen LogP contribution in [-0.4, -0.2) is 30.4 Å². The van der Waals surface area contributed by atoms with Gasteiger partial charge >= 0.3 is 0 Å². The maximum absolute atomic E-state index is 5.44. The van der Waals surface area contributed by atoms with E-state index in [9.17, 15) is 0 Å². The molecule has 0 spiro atoms. The van der Waals surface area contributed by atoms with Gasteiger partial charge in [-0.25, -0.2) is 0 Å². The van der Waals surface area contributed by atoms with E-state index < -0.39 is 0 Å². The van der Waals surface area contributed by atoms with Gasteiger partial charge < -0.3 is 15.8 Å². The molecule has 0 saturated carbocycles. The van der Waals surface area contributed by atoms with Gasteiger partial charge in [0.1, 0.15) is 11.6 Å². The average Bonchev–Trinajstić information content (AvgIpc) is 2.48. The first-order chi connectivity index (χ1) is 9.74. The largest absolute Gasteiger partial charge is 0.496 e. The number of nitrogens with zero attached hydrogens (tertiary/aromatic N) is 2. The van der Waals surface area contributed by atoms with Crippen LogP contribution in [0.3, 0.4) is 0 Å². The molecule has 0 radical (unpaired) electrons. The van der Waals surface area contributed by atoms with Gasteiger partial charge in [-0.3, -0.25) is 0 Å². The molecule has 1 aromatic carbocycles. The summed E-state index contributed by atoms with van der Waals surface area (Å²) in [4.78, 5) is 0. The van der Waals surface area contributed by atoms with E-state index in [4.69, 9.17) is 10.5 Å². The van der Waals surface area contributed by atoms with Crippen LogP contribution in [0, 0.1) is 0 Å². The molecule has 1 heterocycles. The number of halogens is 1. The molecular weight excluding hydrogens is 320 g/mol. The first kappa shape index (κ1) is 14.7. The fourth-order valence-electron chi connectivity index (χ4n) is 1.77. The molecule has 0 bridgehead atoms. The van der Waals surface area contributed by atoms with Crippen molar-refractivity contribution >= 4 is 21.7 Å². The van der Waals surface area contributed by atoms with Gasteiger partial charge in [-0.15, -0.1) is 10.2 Å². The van der Waals surface area contributed by atoms with Crippen molar-refractivity contribution in [3.8, 4) is 17.0 Å². The summed E-state index contributed by atoms with van der Waals surface area (Å²) >= 11 is 3.45. The number of ether oxygens (including phenoxy) is 1. The number of benzene rings is 1. The summed E-state index contributed by atoms with van der Waals surface area (Å²) in [5, 5.41) is 11.6. The van der Waals surface area contributed by atoms with E-state index in [0.29, 0.717) is 6.54 Å². The Balaban J connectivity index is 2.19. The third kappa shape index (κ3) is 3.68. The van der Waals surface area contributed by atoms with Gasteiger partial charge in [0.25, 0.3) is 0 Å². The van der Waals surface area contributed by atoms with Gasteiger partial charge in [0.15, 0.2) is 0 Å². The Bertz CT molecular complexity index is 560. The zero-order chi connectivity index (χ0) is 14.4. The number of hydrogen-bond donors (Lipinski definition) is 2. The molecule has 3 N–H and O–H groups in total. The van der Waals surface area contributed by atoms with Crippen LogP contribution < -0.4 is 15.8 Å². The van der Waals surface area contributed by atoms with Gasteiger partial charge in [-0.2, -0.15) is 0 Å². The Kier molecular flexibility index (Phi) is 5.31. The lowest BCUT2D eigenvalue weighted by molar-refractivity contribution is 0.416. The van der Waals surface area contributed by atoms with Gasteiger partial charge in [-0.05, 0) is 43.3 Å². The Morgan fingerprint density at radius 3 is 2.75 bits per heavy atom. The summed E-state index contributed by atoms with van der Waals surface area (Å²) in [6, 6.07) is 9.61. The molecule has 2 aromatic rings. The SMILES string of the molecule is COc1ccc(Br)cc1-c1ccc(NCCCN)nn1. The summed E-state index contributed by atoms with van der Waals surface area (Å²) in [5.41, 5.74) is 7.12. The predicted molar refractivity (Wildman–Crippen MR) is 83.9 cm³/mol. The van der Waals surface area contributed by atoms with E-state index in [1.807, 2.05) is 30.3 Å². The Morgan fingerprint density at radius 1 is 1.25 bits per heavy atom. The monoisotopic (exact) mass is 336 g/mol. The lowest BCUT2D eigenvalue weighted by Gasteiger charge is -2.09. The summed E-state index contributed by atoms with van der Waals surface area (Å²) in [5.74, 6) is 1.52. The quantitative estimate of drug-likeness (QED) is 0.793. The minimum Gasteiger partial charge on any atom is -0.496 e. The van der Waals surface area contributed by atoms with Crippen LogP contribution in [0.25, 0.3) is 11.3 Å². The molecule has 0 aliphatic rings. The molecule has 0 saturated heterocycles. The molecule has 6 heteroatoms. The van der Waals surface area contributed by atoms with Crippen molar-refractivity contribution in [3.05, 3.63) is 34.8 Å². The summed E-state index contributed by atoms with van der Waals surface area (Å²) in [6.45, 7) is 1.46. The second-order valence-corrected chi connectivity index (χ2v) is 5.13. The van der Waals surface area contributed by atoms with E-state index in [1.165, 1.54) is 0 Å². The molecule has 0 aliphatic heterocycles. The Hall–Kier alpha value is -1.66. The van der Waals surface area contributed by atoms with Gasteiger partial charge in [-0.1, -0.05) is 15.9 Å². The first-order valence-corrected chi connectivity index (χ1v) is 7.15. The van der Waals surface area contributed by atoms with E-state index in [1.54, 1.807) is 7.11 Å². The average molecular weight is 337 g/mol. The zero-order valence-corrected chi connectivity index (χ0v) is 12.9. The van der Waals surface area contributed by atoms with Crippen molar-refractivity contribution in [1.29, 1.82) is 0 Å². The summed E-state index contributed by atoms with van der Waals surface area (Å²) in [6.07, 6.45) is 0.906. The van der Waals surface area contributed by atoms with Crippen molar-refractivity contribution in [3.63, 3.8) is 0 Å². The summed E-state index contributed by atoms with van der Waals surface area (Å²) < 4.78 is 6.32. The van der Waals surface area contributed by atoms with Crippen LogP contribution in [0.15, 0.2) is 34.8 Å². The van der Waals surface area contributed by atoms with Crippen molar-refractivity contribution in [2.45, 2.75) is 6.42 Å². The molecule has 1 aromatic heterocycles. The summed E-state index contributed by atoms with van der Waals surface area (Å²) in [7, 11) is 1.64. The second-order valence-electron chi connectivity index (χ2n) is 4.22. The first-order valence-electron chi connectivity index (χ1n) is 6.36. The topological polar surface area (TPSA) is 73.1 Å². The zero-order valence-electron chi connectivity index (χ0n) is 11.3. The van der Waals surface area contributed by atoms with Crippen molar-refractivity contribution in [1.82, 2.24) is 10.2 Å². The smallest absolute Gasteiger partial charge is 0.148 e. The molecule has 106 valence electrons. The van der Waals surface area contributed by atoms with Gasteiger partial charge in [0.05, 0.1) is 12.8 Å². The Labute approximate surface area is 126 Å². The minimum absolute atomic E-state index is 0.660. The van der Waals surface area contributed by atoms with E-state index in [-0.39, 0.29) is 0 Å². The molecule has 0 amide bonds. The number of methoxy groups -OCH3 is 1. The third-order valence-corrected chi connectivity index (χ3v) is 3.28. The minimum atomic E-state index is 0.660. The molecular formula is C14H17BrN4O. The van der Waals surface area contributed by atoms with E-state index in [0.717, 1.165) is 40.3 Å². The maximum Gasteiger partial charge on any atom is 0.148 e. The predicted octanol–water partition coefficient (Wildman–Crippen LogP) is 2.68. The standard InChI is InChI=1S/C14H17BrN4O/c1-20-13-5-3-10(15)9-11(13)12-4-6-14(19-18-12)17-8-2-7-16/h3-6,9H,2,7-8,16H2,1H3,(H,17,19). The lowest BCUT2D eigenvalue weighted by Crippen LogP contribution is -2.09. The maximum atomic E-state index is 5.44. The lowest BCUT2D eigenvalue weighted by atomic mass is 10.1. The molecule has 2 rings (SSSR count). The number of anilines is 1. The third-order valence-electron chi connectivity index (χ3n) is 2.79. The van der Waals surface area contributed by atoms with E-state index >= 15 is 0 Å². The number of nitrogens with one attached hydrogen (secondary N) is 1. The molecule has 0 fully saturated rings. The highest BCUT2D eigenvalue weighted by molar-refractivity contribution is 9.10. The van der Waals surface area contributed by atoms with Crippen LogP contribution in [0.1, 0.15) is 6.42 Å².